The maximum Gasteiger partial charge on any atom is 0.318 e. The maximum atomic E-state index is 13.1. The number of methoxy groups -OCH3 is 1. The summed E-state index contributed by atoms with van der Waals surface area (Å²) in [5, 5.41) is 8.56. The number of rotatable bonds is 8. The lowest BCUT2D eigenvalue weighted by atomic mass is 9.99. The van der Waals surface area contributed by atoms with Crippen LogP contribution in [0.25, 0.3) is 11.3 Å². The van der Waals surface area contributed by atoms with Crippen molar-refractivity contribution in [3.05, 3.63) is 69.4 Å². The molecule has 2 unspecified atom stereocenters. The lowest BCUT2D eigenvalue weighted by Gasteiger charge is -2.38. The number of ether oxygens (including phenoxy) is 2. The van der Waals surface area contributed by atoms with Crippen molar-refractivity contribution in [3.63, 3.8) is 0 Å². The molecule has 3 aromatic rings. The van der Waals surface area contributed by atoms with Gasteiger partial charge in [-0.2, -0.15) is 0 Å². The molecule has 1 saturated carbocycles. The van der Waals surface area contributed by atoms with Gasteiger partial charge in [-0.15, -0.1) is 0 Å². The highest BCUT2D eigenvalue weighted by Crippen LogP contribution is 2.46. The molecule has 2 aromatic carbocycles. The van der Waals surface area contributed by atoms with Crippen LogP contribution in [0.2, 0.25) is 10.0 Å². The highest BCUT2D eigenvalue weighted by atomic mass is 35.5. The zero-order chi connectivity index (χ0) is 26.2. The monoisotopic (exact) mass is 555 g/mol. The fourth-order valence-electron chi connectivity index (χ4n) is 5.86. The highest BCUT2D eigenvalue weighted by molar-refractivity contribution is 6.39. The summed E-state index contributed by atoms with van der Waals surface area (Å²) < 4.78 is 17.5. The molecule has 1 aliphatic carbocycles. The fourth-order valence-corrected chi connectivity index (χ4v) is 6.43. The van der Waals surface area contributed by atoms with Crippen LogP contribution in [0.3, 0.4) is 0 Å². The Morgan fingerprint density at radius 3 is 2.37 bits per heavy atom. The van der Waals surface area contributed by atoms with Gasteiger partial charge in [-0.3, -0.25) is 0 Å². The second-order valence-electron chi connectivity index (χ2n) is 10.4. The normalized spacial score (nSPS) is 22.5. The SMILES string of the molecule is COc1ccc(CNC(=O)N2C3CCC2CC(OCc2c(-c4c(Cl)cccc4Cl)noc2C2CC2)C3)cc1. The van der Waals surface area contributed by atoms with Crippen LogP contribution in [0.15, 0.2) is 47.0 Å². The molecule has 200 valence electrons. The van der Waals surface area contributed by atoms with Crippen molar-refractivity contribution in [1.29, 1.82) is 0 Å². The number of fused-ring (bicyclic) bond motifs is 2. The molecular weight excluding hydrogens is 525 g/mol. The van der Waals surface area contributed by atoms with Crippen LogP contribution >= 0.6 is 23.2 Å². The predicted molar refractivity (Wildman–Crippen MR) is 146 cm³/mol. The van der Waals surface area contributed by atoms with Crippen LogP contribution < -0.4 is 10.1 Å². The Bertz CT molecular complexity index is 1270. The largest absolute Gasteiger partial charge is 0.497 e. The van der Waals surface area contributed by atoms with Gasteiger partial charge in [0.1, 0.15) is 17.2 Å². The molecular formula is C29H31Cl2N3O4. The zero-order valence-electron chi connectivity index (χ0n) is 21.3. The summed E-state index contributed by atoms with van der Waals surface area (Å²) in [5.74, 6) is 2.07. The van der Waals surface area contributed by atoms with Crippen molar-refractivity contribution in [2.75, 3.05) is 7.11 Å². The number of hydrogen-bond acceptors (Lipinski definition) is 5. The van der Waals surface area contributed by atoms with Gasteiger partial charge in [0.15, 0.2) is 0 Å². The van der Waals surface area contributed by atoms with Crippen LogP contribution in [0.5, 0.6) is 5.75 Å². The molecule has 6 rings (SSSR count). The van der Waals surface area contributed by atoms with Gasteiger partial charge in [0, 0.05) is 35.7 Å². The summed E-state index contributed by atoms with van der Waals surface area (Å²) in [6.07, 6.45) is 5.88. The average molecular weight is 556 g/mol. The van der Waals surface area contributed by atoms with E-state index in [0.29, 0.717) is 40.4 Å². The van der Waals surface area contributed by atoms with E-state index in [-0.39, 0.29) is 24.2 Å². The molecule has 9 heteroatoms. The Labute approximate surface area is 232 Å². The van der Waals surface area contributed by atoms with Crippen molar-refractivity contribution >= 4 is 29.2 Å². The van der Waals surface area contributed by atoms with Crippen LogP contribution in [-0.2, 0) is 17.9 Å². The number of carbonyl (C=O) groups is 1. The smallest absolute Gasteiger partial charge is 0.318 e. The van der Waals surface area contributed by atoms with E-state index in [0.717, 1.165) is 61.2 Å². The number of hydrogen-bond donors (Lipinski definition) is 1. The predicted octanol–water partition coefficient (Wildman–Crippen LogP) is 6.96. The summed E-state index contributed by atoms with van der Waals surface area (Å²) in [6, 6.07) is 13.6. The van der Waals surface area contributed by atoms with Gasteiger partial charge in [-0.1, -0.05) is 46.6 Å². The minimum atomic E-state index is -0.00234. The standard InChI is InChI=1S/C29H31Cl2N3O4/c1-36-21-11-5-17(6-12-21)15-32-29(35)34-19-9-10-20(34)14-22(13-19)37-16-23-27(33-38-28(23)18-7-8-18)26-24(30)3-2-4-25(26)31/h2-6,11-12,18-20,22H,7-10,13-16H2,1H3,(H,32,35). The molecule has 2 saturated heterocycles. The first kappa shape index (κ1) is 25.5. The Kier molecular flexibility index (Phi) is 7.25. The van der Waals surface area contributed by atoms with Gasteiger partial charge in [-0.05, 0) is 68.4 Å². The topological polar surface area (TPSA) is 76.8 Å². The number of halogens is 2. The Morgan fingerprint density at radius 1 is 1.05 bits per heavy atom. The molecule has 38 heavy (non-hydrogen) atoms. The molecule has 2 atom stereocenters. The first-order chi connectivity index (χ1) is 18.5. The van der Waals surface area contributed by atoms with Crippen molar-refractivity contribution in [2.24, 2.45) is 0 Å². The fraction of sp³-hybridized carbons (Fsp3) is 0.448. The molecule has 3 heterocycles. The molecule has 2 aliphatic heterocycles. The highest BCUT2D eigenvalue weighted by Gasteiger charge is 2.44. The van der Waals surface area contributed by atoms with Crippen LogP contribution in [-0.4, -0.2) is 41.4 Å². The molecule has 0 radical (unpaired) electrons. The Hall–Kier alpha value is -2.74. The molecule has 1 N–H and O–H groups in total. The van der Waals surface area contributed by atoms with E-state index in [1.807, 2.05) is 47.4 Å². The number of aromatic nitrogens is 1. The van der Waals surface area contributed by atoms with E-state index in [4.69, 9.17) is 37.2 Å². The molecule has 1 aromatic heterocycles. The van der Waals surface area contributed by atoms with E-state index >= 15 is 0 Å². The van der Waals surface area contributed by atoms with Crippen molar-refractivity contribution < 1.29 is 18.8 Å². The number of carbonyl (C=O) groups excluding carboxylic acids is 1. The van der Waals surface area contributed by atoms with E-state index in [2.05, 4.69) is 10.5 Å². The number of benzene rings is 2. The third-order valence-electron chi connectivity index (χ3n) is 7.96. The Balaban J connectivity index is 1.10. The maximum absolute atomic E-state index is 13.1. The first-order valence-corrected chi connectivity index (χ1v) is 14.0. The zero-order valence-corrected chi connectivity index (χ0v) is 22.8. The van der Waals surface area contributed by atoms with Gasteiger partial charge in [0.05, 0.1) is 29.9 Å². The second kappa shape index (κ2) is 10.8. The molecule has 3 aliphatic rings. The van der Waals surface area contributed by atoms with Crippen molar-refractivity contribution in [3.8, 4) is 17.0 Å². The summed E-state index contributed by atoms with van der Waals surface area (Å²) in [6.45, 7) is 0.878. The van der Waals surface area contributed by atoms with Crippen LogP contribution in [0.4, 0.5) is 4.79 Å². The van der Waals surface area contributed by atoms with Crippen LogP contribution in [0, 0.1) is 0 Å². The van der Waals surface area contributed by atoms with Gasteiger partial charge in [-0.25, -0.2) is 4.79 Å². The summed E-state index contributed by atoms with van der Waals surface area (Å²) in [5.41, 5.74) is 3.34. The van der Waals surface area contributed by atoms with Crippen LogP contribution in [0.1, 0.15) is 61.3 Å². The number of urea groups is 1. The minimum Gasteiger partial charge on any atom is -0.497 e. The molecule has 2 amide bonds. The van der Waals surface area contributed by atoms with Gasteiger partial charge < -0.3 is 24.2 Å². The van der Waals surface area contributed by atoms with E-state index < -0.39 is 0 Å². The van der Waals surface area contributed by atoms with Crippen molar-refractivity contribution in [1.82, 2.24) is 15.4 Å². The number of nitrogens with one attached hydrogen (secondary N) is 1. The summed E-state index contributed by atoms with van der Waals surface area (Å²) in [7, 11) is 1.64. The van der Waals surface area contributed by atoms with Gasteiger partial charge in [0.2, 0.25) is 0 Å². The van der Waals surface area contributed by atoms with Gasteiger partial charge >= 0.3 is 6.03 Å². The quantitative estimate of drug-likeness (QED) is 0.325. The number of amides is 2. The lowest BCUT2D eigenvalue weighted by Crippen LogP contribution is -2.52. The molecule has 3 fully saturated rings. The van der Waals surface area contributed by atoms with Gasteiger partial charge in [0.25, 0.3) is 0 Å². The lowest BCUT2D eigenvalue weighted by molar-refractivity contribution is -0.0172. The summed E-state index contributed by atoms with van der Waals surface area (Å²) in [4.78, 5) is 15.1. The number of nitrogens with zero attached hydrogens (tertiary/aromatic N) is 2. The molecule has 2 bridgehead atoms. The third kappa shape index (κ3) is 5.12. The van der Waals surface area contributed by atoms with E-state index in [9.17, 15) is 4.79 Å². The van der Waals surface area contributed by atoms with Crippen molar-refractivity contribution in [2.45, 2.75) is 75.8 Å². The minimum absolute atomic E-state index is 0.00234. The average Bonchev–Trinajstić information content (AvgIpc) is 3.63. The third-order valence-corrected chi connectivity index (χ3v) is 8.59. The van der Waals surface area contributed by atoms with E-state index in [1.165, 1.54) is 0 Å². The molecule has 0 spiro atoms. The van der Waals surface area contributed by atoms with E-state index in [1.54, 1.807) is 7.11 Å². The summed E-state index contributed by atoms with van der Waals surface area (Å²) >= 11 is 13.0. The molecule has 7 nitrogen and oxygen atoms in total. The second-order valence-corrected chi connectivity index (χ2v) is 11.3. The first-order valence-electron chi connectivity index (χ1n) is 13.2. The Morgan fingerprint density at radius 2 is 1.74 bits per heavy atom. The number of piperidine rings is 1.